The number of carbonyl (C=O) groups is 2. The summed E-state index contributed by atoms with van der Waals surface area (Å²) in [4.78, 5) is 27.2. The molecule has 1 aromatic rings. The average molecular weight is 365 g/mol. The van der Waals surface area contributed by atoms with Gasteiger partial charge in [0.05, 0.1) is 24.0 Å². The van der Waals surface area contributed by atoms with Gasteiger partial charge in [0.15, 0.2) is 0 Å². The van der Waals surface area contributed by atoms with E-state index in [4.69, 9.17) is 16.3 Å². The summed E-state index contributed by atoms with van der Waals surface area (Å²) >= 11 is 6.08. The van der Waals surface area contributed by atoms with Crippen LogP contribution in [-0.2, 0) is 9.59 Å². The van der Waals surface area contributed by atoms with E-state index in [-0.39, 0.29) is 23.7 Å². The number of rotatable bonds is 5. The molecular weight excluding hydrogens is 340 g/mol. The van der Waals surface area contributed by atoms with Gasteiger partial charge in [-0.05, 0) is 50.3 Å². The Morgan fingerprint density at radius 1 is 1.32 bits per heavy atom. The van der Waals surface area contributed by atoms with Crippen molar-refractivity contribution in [1.82, 2.24) is 4.90 Å². The number of ether oxygens (including phenoxy) is 1. The largest absolute Gasteiger partial charge is 0.495 e. The second-order valence-electron chi connectivity index (χ2n) is 6.88. The van der Waals surface area contributed by atoms with Crippen LogP contribution in [0.2, 0.25) is 5.02 Å². The SMILES string of the molecule is CCC1CCCCN1C(=O)C1CC1C(=O)Nc1ccc(OC)c(Cl)c1. The summed E-state index contributed by atoms with van der Waals surface area (Å²) in [7, 11) is 1.55. The molecule has 1 N–H and O–H groups in total. The molecule has 1 aromatic carbocycles. The van der Waals surface area contributed by atoms with Gasteiger partial charge in [-0.15, -0.1) is 0 Å². The molecule has 0 radical (unpaired) electrons. The first-order valence-corrected chi connectivity index (χ1v) is 9.37. The molecule has 1 aliphatic carbocycles. The van der Waals surface area contributed by atoms with Crippen LogP contribution in [0.3, 0.4) is 0 Å². The number of amides is 2. The summed E-state index contributed by atoms with van der Waals surface area (Å²) in [5, 5.41) is 3.31. The van der Waals surface area contributed by atoms with Gasteiger partial charge in [-0.2, -0.15) is 0 Å². The highest BCUT2D eigenvalue weighted by atomic mass is 35.5. The van der Waals surface area contributed by atoms with Gasteiger partial charge < -0.3 is 15.0 Å². The normalized spacial score (nSPS) is 25.4. The zero-order valence-corrected chi connectivity index (χ0v) is 15.5. The van der Waals surface area contributed by atoms with Crippen molar-refractivity contribution in [3.63, 3.8) is 0 Å². The topological polar surface area (TPSA) is 58.6 Å². The molecule has 0 aromatic heterocycles. The van der Waals surface area contributed by atoms with Crippen LogP contribution in [0, 0.1) is 11.8 Å². The Bertz CT molecular complexity index is 664. The van der Waals surface area contributed by atoms with Gasteiger partial charge in [-0.3, -0.25) is 9.59 Å². The van der Waals surface area contributed by atoms with Crippen LogP contribution < -0.4 is 10.1 Å². The maximum Gasteiger partial charge on any atom is 0.228 e. The van der Waals surface area contributed by atoms with E-state index in [0.29, 0.717) is 28.9 Å². The van der Waals surface area contributed by atoms with Crippen molar-refractivity contribution in [2.75, 3.05) is 19.0 Å². The Kier molecular flexibility index (Phi) is 5.52. The maximum absolute atomic E-state index is 12.7. The van der Waals surface area contributed by atoms with Crippen molar-refractivity contribution < 1.29 is 14.3 Å². The standard InChI is InChI=1S/C19H25ClN2O3/c1-3-13-6-4-5-9-22(13)19(24)15-11-14(15)18(23)21-12-7-8-17(25-2)16(20)10-12/h7-8,10,13-15H,3-6,9,11H2,1-2H3,(H,21,23). The number of piperidine rings is 1. The smallest absolute Gasteiger partial charge is 0.228 e. The molecule has 6 heteroatoms. The van der Waals surface area contributed by atoms with Crippen molar-refractivity contribution in [3.8, 4) is 5.75 Å². The lowest BCUT2D eigenvalue weighted by Crippen LogP contribution is -2.44. The predicted molar refractivity (Wildman–Crippen MR) is 97.9 cm³/mol. The number of carbonyl (C=O) groups excluding carboxylic acids is 2. The lowest BCUT2D eigenvalue weighted by Gasteiger charge is -2.35. The predicted octanol–water partition coefficient (Wildman–Crippen LogP) is 3.71. The maximum atomic E-state index is 12.7. The zero-order chi connectivity index (χ0) is 18.0. The van der Waals surface area contributed by atoms with E-state index in [1.165, 1.54) is 6.42 Å². The summed E-state index contributed by atoms with van der Waals surface area (Å²) < 4.78 is 5.11. The molecule has 1 saturated heterocycles. The van der Waals surface area contributed by atoms with Gasteiger partial charge in [-0.1, -0.05) is 18.5 Å². The molecule has 2 fully saturated rings. The lowest BCUT2D eigenvalue weighted by molar-refractivity contribution is -0.137. The molecular formula is C19H25ClN2O3. The number of hydrogen-bond acceptors (Lipinski definition) is 3. The summed E-state index contributed by atoms with van der Waals surface area (Å²) in [6.45, 7) is 2.96. The third-order valence-corrected chi connectivity index (χ3v) is 5.54. The molecule has 2 amide bonds. The van der Waals surface area contributed by atoms with E-state index >= 15 is 0 Å². The first-order chi connectivity index (χ1) is 12.0. The Morgan fingerprint density at radius 2 is 2.12 bits per heavy atom. The molecule has 1 saturated carbocycles. The quantitative estimate of drug-likeness (QED) is 0.866. The molecule has 0 bridgehead atoms. The highest BCUT2D eigenvalue weighted by Crippen LogP contribution is 2.42. The van der Waals surface area contributed by atoms with E-state index < -0.39 is 0 Å². The van der Waals surface area contributed by atoms with Crippen LogP contribution in [0.1, 0.15) is 39.0 Å². The minimum atomic E-state index is -0.229. The molecule has 136 valence electrons. The Hall–Kier alpha value is -1.75. The van der Waals surface area contributed by atoms with Gasteiger partial charge in [-0.25, -0.2) is 0 Å². The van der Waals surface area contributed by atoms with Gasteiger partial charge in [0, 0.05) is 18.3 Å². The monoisotopic (exact) mass is 364 g/mol. The fourth-order valence-corrected chi connectivity index (χ4v) is 3.92. The van der Waals surface area contributed by atoms with Crippen LogP contribution in [-0.4, -0.2) is 36.4 Å². The number of benzene rings is 1. The van der Waals surface area contributed by atoms with Crippen molar-refractivity contribution in [2.24, 2.45) is 11.8 Å². The summed E-state index contributed by atoms with van der Waals surface area (Å²) in [5.41, 5.74) is 0.623. The number of likely N-dealkylation sites (tertiary alicyclic amines) is 1. The number of anilines is 1. The fourth-order valence-electron chi connectivity index (χ4n) is 3.66. The van der Waals surface area contributed by atoms with Crippen molar-refractivity contribution in [3.05, 3.63) is 23.2 Å². The lowest BCUT2D eigenvalue weighted by atomic mass is 9.99. The van der Waals surface area contributed by atoms with E-state index in [9.17, 15) is 9.59 Å². The molecule has 1 aliphatic heterocycles. The van der Waals surface area contributed by atoms with Gasteiger partial charge >= 0.3 is 0 Å². The molecule has 1 heterocycles. The van der Waals surface area contributed by atoms with Crippen LogP contribution in [0.25, 0.3) is 0 Å². The molecule has 3 atom stereocenters. The molecule has 25 heavy (non-hydrogen) atoms. The Labute approximate surface area is 153 Å². The average Bonchev–Trinajstić information content (AvgIpc) is 3.42. The zero-order valence-electron chi connectivity index (χ0n) is 14.8. The summed E-state index contributed by atoms with van der Waals surface area (Å²) in [5.74, 6) is 0.215. The van der Waals surface area contributed by atoms with Crippen molar-refractivity contribution in [1.29, 1.82) is 0 Å². The highest BCUT2D eigenvalue weighted by Gasteiger charge is 2.50. The number of halogens is 1. The molecule has 3 rings (SSSR count). The third kappa shape index (κ3) is 3.92. The third-order valence-electron chi connectivity index (χ3n) is 5.25. The minimum absolute atomic E-state index is 0.107. The molecule has 0 spiro atoms. The van der Waals surface area contributed by atoms with Crippen LogP contribution >= 0.6 is 11.6 Å². The Morgan fingerprint density at radius 3 is 2.80 bits per heavy atom. The Balaban J connectivity index is 1.58. The highest BCUT2D eigenvalue weighted by molar-refractivity contribution is 6.32. The van der Waals surface area contributed by atoms with Crippen LogP contribution in [0.15, 0.2) is 18.2 Å². The second kappa shape index (κ2) is 7.65. The van der Waals surface area contributed by atoms with E-state index in [1.54, 1.807) is 25.3 Å². The van der Waals surface area contributed by atoms with Crippen molar-refractivity contribution in [2.45, 2.75) is 45.1 Å². The van der Waals surface area contributed by atoms with Crippen LogP contribution in [0.5, 0.6) is 5.75 Å². The molecule has 2 aliphatic rings. The summed E-state index contributed by atoms with van der Waals surface area (Å²) in [6, 6.07) is 5.47. The second-order valence-corrected chi connectivity index (χ2v) is 7.28. The van der Waals surface area contributed by atoms with Gasteiger partial charge in [0.2, 0.25) is 11.8 Å². The van der Waals surface area contributed by atoms with Crippen LogP contribution in [0.4, 0.5) is 5.69 Å². The van der Waals surface area contributed by atoms with Crippen molar-refractivity contribution >= 4 is 29.1 Å². The van der Waals surface area contributed by atoms with E-state index in [1.807, 2.05) is 4.90 Å². The van der Waals surface area contributed by atoms with Gasteiger partial charge in [0.25, 0.3) is 0 Å². The molecule has 3 unspecified atom stereocenters. The number of hydrogen-bond donors (Lipinski definition) is 1. The van der Waals surface area contributed by atoms with E-state index in [2.05, 4.69) is 12.2 Å². The number of nitrogens with one attached hydrogen (secondary N) is 1. The molecule has 5 nitrogen and oxygen atoms in total. The fraction of sp³-hybridized carbons (Fsp3) is 0.579. The van der Waals surface area contributed by atoms with Gasteiger partial charge in [0.1, 0.15) is 5.75 Å². The minimum Gasteiger partial charge on any atom is -0.495 e. The first-order valence-electron chi connectivity index (χ1n) is 9.00. The number of methoxy groups -OCH3 is 1. The number of nitrogens with zero attached hydrogens (tertiary/aromatic N) is 1. The van der Waals surface area contributed by atoms with E-state index in [0.717, 1.165) is 25.8 Å². The summed E-state index contributed by atoms with van der Waals surface area (Å²) in [6.07, 6.45) is 4.96. The first kappa shape index (κ1) is 18.1.